The van der Waals surface area contributed by atoms with Crippen LogP contribution < -0.4 is 5.32 Å². The van der Waals surface area contributed by atoms with Crippen LogP contribution in [0.2, 0.25) is 0 Å². The maximum absolute atomic E-state index is 12.6. The Morgan fingerprint density at radius 3 is 2.85 bits per heavy atom. The number of nitrogens with one attached hydrogen (secondary N) is 1. The molecular formula is C21H28N2O3. The normalized spacial score (nSPS) is 41.2. The van der Waals surface area contributed by atoms with Crippen LogP contribution in [0, 0.1) is 17.8 Å². The number of aliphatic hydroxyl groups excluding tert-OH is 1. The van der Waals surface area contributed by atoms with Crippen molar-refractivity contribution in [3.63, 3.8) is 0 Å². The Balaban J connectivity index is 1.53. The van der Waals surface area contributed by atoms with Crippen molar-refractivity contribution in [1.29, 1.82) is 0 Å². The Morgan fingerprint density at radius 2 is 2.00 bits per heavy atom. The van der Waals surface area contributed by atoms with Gasteiger partial charge in [-0.15, -0.1) is 0 Å². The fourth-order valence-electron chi connectivity index (χ4n) is 6.43. The molecule has 2 N–H and O–H groups in total. The lowest BCUT2D eigenvalue weighted by atomic mass is 9.60. The summed E-state index contributed by atoms with van der Waals surface area (Å²) in [5.41, 5.74) is 2.67. The van der Waals surface area contributed by atoms with Crippen molar-refractivity contribution in [2.45, 2.75) is 49.8 Å². The Bertz CT molecular complexity index is 708. The first-order chi connectivity index (χ1) is 12.7. The van der Waals surface area contributed by atoms with E-state index in [1.165, 1.54) is 18.4 Å². The zero-order chi connectivity index (χ0) is 17.8. The minimum atomic E-state index is -0.576. The van der Waals surface area contributed by atoms with Crippen LogP contribution in [-0.4, -0.2) is 54.4 Å². The Morgan fingerprint density at radius 1 is 1.19 bits per heavy atom. The van der Waals surface area contributed by atoms with Crippen LogP contribution in [0.4, 0.5) is 5.69 Å². The molecule has 0 amide bonds. The highest BCUT2D eigenvalue weighted by Crippen LogP contribution is 2.52. The first-order valence-corrected chi connectivity index (χ1v) is 10.0. The molecule has 1 saturated carbocycles. The van der Waals surface area contributed by atoms with E-state index in [4.69, 9.17) is 4.74 Å². The number of nitrogens with zero attached hydrogens (tertiary/aromatic N) is 1. The molecule has 140 valence electrons. The van der Waals surface area contributed by atoms with Gasteiger partial charge in [0.05, 0.1) is 19.1 Å². The first-order valence-electron chi connectivity index (χ1n) is 10.0. The van der Waals surface area contributed by atoms with Gasteiger partial charge in [-0.05, 0) is 62.2 Å². The molecule has 2 saturated heterocycles. The van der Waals surface area contributed by atoms with E-state index < -0.39 is 12.0 Å². The lowest BCUT2D eigenvalue weighted by molar-refractivity contribution is -0.164. The molecule has 4 aliphatic rings. The maximum Gasteiger partial charge on any atom is 0.311 e. The van der Waals surface area contributed by atoms with Crippen molar-refractivity contribution in [2.75, 3.05) is 25.5 Å². The van der Waals surface area contributed by atoms with Gasteiger partial charge in [0.2, 0.25) is 0 Å². The van der Waals surface area contributed by atoms with E-state index in [9.17, 15) is 9.90 Å². The molecule has 1 aromatic carbocycles. The molecule has 5 nitrogen and oxygen atoms in total. The van der Waals surface area contributed by atoms with Crippen LogP contribution in [0.25, 0.3) is 0 Å². The number of esters is 1. The lowest BCUT2D eigenvalue weighted by Crippen LogP contribution is -2.64. The number of hydrogen-bond acceptors (Lipinski definition) is 5. The molecule has 5 rings (SSSR count). The number of rotatable bonds is 1. The summed E-state index contributed by atoms with van der Waals surface area (Å²) in [7, 11) is 1.45. The number of carbonyl (C=O) groups is 1. The third kappa shape index (κ3) is 2.33. The summed E-state index contributed by atoms with van der Waals surface area (Å²) in [5, 5.41) is 14.5. The molecule has 1 aliphatic carbocycles. The SMILES string of the molecule is COC(=O)[C@@H]1[C@@H]2[C@@H](CC[C@@H]1O)CCN1CC[C@@H]3c4ccccc4N[C@@H]3[C@H]21. The predicted octanol–water partition coefficient (Wildman–Crippen LogP) is 2.22. The number of carbonyl (C=O) groups excluding carboxylic acids is 1. The van der Waals surface area contributed by atoms with Crippen molar-refractivity contribution >= 4 is 11.7 Å². The van der Waals surface area contributed by atoms with E-state index in [1.54, 1.807) is 0 Å². The van der Waals surface area contributed by atoms with Crippen LogP contribution in [0.5, 0.6) is 0 Å². The quantitative estimate of drug-likeness (QED) is 0.756. The molecule has 0 aromatic heterocycles. The van der Waals surface area contributed by atoms with Crippen molar-refractivity contribution < 1.29 is 14.6 Å². The Kier molecular flexibility index (Phi) is 3.98. The molecular weight excluding hydrogens is 328 g/mol. The van der Waals surface area contributed by atoms with E-state index in [0.29, 0.717) is 23.9 Å². The second-order valence-electron chi connectivity index (χ2n) is 8.50. The summed E-state index contributed by atoms with van der Waals surface area (Å²) >= 11 is 0. The fourth-order valence-corrected chi connectivity index (χ4v) is 6.43. The van der Waals surface area contributed by atoms with Gasteiger partial charge in [-0.1, -0.05) is 18.2 Å². The maximum atomic E-state index is 12.6. The number of para-hydroxylation sites is 1. The number of methoxy groups -OCH3 is 1. The van der Waals surface area contributed by atoms with Gasteiger partial charge in [0.1, 0.15) is 0 Å². The van der Waals surface area contributed by atoms with E-state index in [-0.39, 0.29) is 11.9 Å². The van der Waals surface area contributed by atoms with Gasteiger partial charge in [-0.2, -0.15) is 0 Å². The number of ether oxygens (including phenoxy) is 1. The number of aliphatic hydroxyl groups is 1. The minimum Gasteiger partial charge on any atom is -0.469 e. The highest BCUT2D eigenvalue weighted by atomic mass is 16.5. The second kappa shape index (κ2) is 6.24. The molecule has 3 heterocycles. The Labute approximate surface area is 154 Å². The smallest absolute Gasteiger partial charge is 0.311 e. The summed E-state index contributed by atoms with van der Waals surface area (Å²) in [6.45, 7) is 2.19. The molecule has 0 spiro atoms. The zero-order valence-electron chi connectivity index (χ0n) is 15.3. The summed E-state index contributed by atoms with van der Waals surface area (Å²) < 4.78 is 5.12. The van der Waals surface area contributed by atoms with Crippen molar-refractivity contribution in [3.05, 3.63) is 29.8 Å². The van der Waals surface area contributed by atoms with E-state index in [0.717, 1.165) is 38.8 Å². The molecule has 0 unspecified atom stereocenters. The highest BCUT2D eigenvalue weighted by molar-refractivity contribution is 5.74. The molecule has 3 fully saturated rings. The average Bonchev–Trinajstić information content (AvgIpc) is 3.05. The molecule has 0 bridgehead atoms. The number of anilines is 1. The van der Waals surface area contributed by atoms with Crippen LogP contribution in [0.1, 0.15) is 37.2 Å². The number of hydrogen-bond donors (Lipinski definition) is 2. The van der Waals surface area contributed by atoms with Crippen LogP contribution in [0.3, 0.4) is 0 Å². The lowest BCUT2D eigenvalue weighted by Gasteiger charge is -2.56. The van der Waals surface area contributed by atoms with Gasteiger partial charge < -0.3 is 15.2 Å². The molecule has 5 heteroatoms. The molecule has 0 radical (unpaired) electrons. The minimum absolute atomic E-state index is 0.176. The van der Waals surface area contributed by atoms with Crippen molar-refractivity contribution in [2.24, 2.45) is 17.8 Å². The van der Waals surface area contributed by atoms with Gasteiger partial charge in [-0.3, -0.25) is 9.69 Å². The third-order valence-corrected chi connectivity index (χ3v) is 7.49. The van der Waals surface area contributed by atoms with Crippen molar-refractivity contribution in [1.82, 2.24) is 4.90 Å². The fraction of sp³-hybridized carbons (Fsp3) is 0.667. The third-order valence-electron chi connectivity index (χ3n) is 7.49. The molecule has 3 aliphatic heterocycles. The summed E-state index contributed by atoms with van der Waals surface area (Å²) in [6, 6.07) is 9.25. The largest absolute Gasteiger partial charge is 0.469 e. The summed E-state index contributed by atoms with van der Waals surface area (Å²) in [6.07, 6.45) is 3.45. The van der Waals surface area contributed by atoms with Gasteiger partial charge >= 0.3 is 5.97 Å². The van der Waals surface area contributed by atoms with Gasteiger partial charge in [-0.25, -0.2) is 0 Å². The predicted molar refractivity (Wildman–Crippen MR) is 98.9 cm³/mol. The zero-order valence-corrected chi connectivity index (χ0v) is 15.3. The molecule has 1 aromatic rings. The molecule has 26 heavy (non-hydrogen) atoms. The van der Waals surface area contributed by atoms with E-state index >= 15 is 0 Å². The number of fused-ring (bicyclic) bond motifs is 7. The monoisotopic (exact) mass is 356 g/mol. The first kappa shape index (κ1) is 16.6. The number of benzene rings is 1. The Hall–Kier alpha value is -1.59. The van der Waals surface area contributed by atoms with Gasteiger partial charge in [0.25, 0.3) is 0 Å². The topological polar surface area (TPSA) is 61.8 Å². The van der Waals surface area contributed by atoms with Gasteiger partial charge in [0.15, 0.2) is 0 Å². The van der Waals surface area contributed by atoms with E-state index in [1.807, 2.05) is 0 Å². The van der Waals surface area contributed by atoms with E-state index in [2.05, 4.69) is 34.5 Å². The van der Waals surface area contributed by atoms with Crippen LogP contribution in [-0.2, 0) is 9.53 Å². The standard InChI is InChI=1S/C21H28N2O3/c1-26-21(25)18-16(24)7-6-12-8-10-23-11-9-14-13-4-2-3-5-15(13)22-19(14)20(23)17(12)18/h2-5,12,14,16-20,22,24H,6-11H2,1H3/t12-,14+,16-,17-,18-,19-,20-/m0/s1. The number of piperidine rings is 2. The highest BCUT2D eigenvalue weighted by Gasteiger charge is 2.56. The molecule has 7 atom stereocenters. The van der Waals surface area contributed by atoms with Crippen LogP contribution >= 0.6 is 0 Å². The summed E-state index contributed by atoms with van der Waals surface area (Å²) in [5.74, 6) is 0.564. The summed E-state index contributed by atoms with van der Waals surface area (Å²) in [4.78, 5) is 15.2. The second-order valence-corrected chi connectivity index (χ2v) is 8.50. The van der Waals surface area contributed by atoms with Gasteiger partial charge in [0, 0.05) is 23.7 Å². The van der Waals surface area contributed by atoms with Crippen molar-refractivity contribution in [3.8, 4) is 0 Å². The van der Waals surface area contributed by atoms with Crippen LogP contribution in [0.15, 0.2) is 24.3 Å². The average molecular weight is 356 g/mol.